The molecule has 0 bridgehead atoms. The highest BCUT2D eigenvalue weighted by molar-refractivity contribution is 6.70. The Morgan fingerprint density at radius 2 is 1.36 bits per heavy atom. The van der Waals surface area contributed by atoms with Gasteiger partial charge < -0.3 is 43.1 Å². The predicted octanol–water partition coefficient (Wildman–Crippen LogP) is 5.90. The van der Waals surface area contributed by atoms with Crippen LogP contribution in [0.2, 0.25) is 19.6 Å². The molecule has 11 heteroatoms. The summed E-state index contributed by atoms with van der Waals surface area (Å²) < 4.78 is 30.8. The Kier molecular flexibility index (Phi) is 28.0. The van der Waals surface area contributed by atoms with E-state index in [1.165, 1.54) is 51.4 Å². The van der Waals surface area contributed by atoms with E-state index in [9.17, 15) is 19.8 Å². The predicted molar refractivity (Wildman–Crippen MR) is 192 cm³/mol. The average molecular weight is 683 g/mol. The summed E-state index contributed by atoms with van der Waals surface area (Å²) >= 11 is 0. The van der Waals surface area contributed by atoms with Gasteiger partial charge in [-0.2, -0.15) is 0 Å². The molecule has 0 saturated carbocycles. The van der Waals surface area contributed by atoms with Crippen LogP contribution in [-0.2, 0) is 37.7 Å². The van der Waals surface area contributed by atoms with Crippen LogP contribution in [0.5, 0.6) is 0 Å². The molecule has 1 heterocycles. The monoisotopic (exact) mass is 682 g/mol. The Balaban J connectivity index is -0.000000564. The van der Waals surface area contributed by atoms with Crippen molar-refractivity contribution in [3.8, 4) is 0 Å². The Hall–Kier alpha value is -2.90. The van der Waals surface area contributed by atoms with E-state index in [2.05, 4.69) is 63.7 Å². The number of ketones is 1. The molecule has 270 valence electrons. The van der Waals surface area contributed by atoms with Crippen LogP contribution in [0.3, 0.4) is 0 Å². The molecule has 0 aromatic rings. The zero-order valence-corrected chi connectivity index (χ0v) is 31.7. The fraction of sp³-hybridized carbons (Fsp3) is 0.556. The Labute approximate surface area is 285 Å². The van der Waals surface area contributed by atoms with E-state index in [0.717, 1.165) is 5.76 Å². The van der Waals surface area contributed by atoms with E-state index in [4.69, 9.17) is 23.4 Å². The number of aliphatic hydroxyl groups is 2. The van der Waals surface area contributed by atoms with Crippen molar-refractivity contribution in [1.29, 1.82) is 0 Å². The molecular formula is C36H62O10Si. The minimum Gasteiger partial charge on any atom is -0.544 e. The minimum atomic E-state index is -1.43. The first-order valence-corrected chi connectivity index (χ1v) is 18.7. The van der Waals surface area contributed by atoms with E-state index >= 15 is 0 Å². The summed E-state index contributed by atoms with van der Waals surface area (Å²) in [6, 6.07) is 0. The third kappa shape index (κ3) is 19.5. The molecule has 0 aromatic heterocycles. The van der Waals surface area contributed by atoms with E-state index in [1.54, 1.807) is 20.1 Å². The van der Waals surface area contributed by atoms with Crippen molar-refractivity contribution in [2.24, 2.45) is 5.92 Å². The first kappa shape index (κ1) is 48.5. The molecule has 0 aromatic carbocycles. The molecule has 0 saturated heterocycles. The lowest BCUT2D eigenvalue weighted by Gasteiger charge is -2.31. The van der Waals surface area contributed by atoms with Crippen molar-refractivity contribution in [2.45, 2.75) is 97.0 Å². The molecule has 0 unspecified atom stereocenters. The summed E-state index contributed by atoms with van der Waals surface area (Å²) in [6.45, 7) is 30.3. The lowest BCUT2D eigenvalue weighted by Crippen LogP contribution is -2.44. The van der Waals surface area contributed by atoms with E-state index < -0.39 is 38.8 Å². The van der Waals surface area contributed by atoms with Gasteiger partial charge in [-0.1, -0.05) is 37.3 Å². The molecular weight excluding hydrogens is 620 g/mol. The fourth-order valence-corrected chi connectivity index (χ4v) is 4.72. The second kappa shape index (κ2) is 27.1. The highest BCUT2D eigenvalue weighted by Crippen LogP contribution is 2.24. The number of rotatable bonds is 16. The van der Waals surface area contributed by atoms with Crippen LogP contribution in [0.15, 0.2) is 85.9 Å². The van der Waals surface area contributed by atoms with Crippen LogP contribution in [0.1, 0.15) is 34.6 Å². The lowest BCUT2D eigenvalue weighted by molar-refractivity contribution is -0.128. The molecule has 10 nitrogen and oxygen atoms in total. The number of carbonyl (C=O) groups excluding carboxylic acids is 2. The molecule has 0 fully saturated rings. The molecule has 0 spiro atoms. The summed E-state index contributed by atoms with van der Waals surface area (Å²) in [4.78, 5) is 21.4. The topological polar surface area (TPSA) is 130 Å². The zero-order chi connectivity index (χ0) is 37.3. The fourth-order valence-electron chi connectivity index (χ4n) is 3.78. The van der Waals surface area contributed by atoms with Crippen molar-refractivity contribution >= 4 is 20.4 Å². The van der Waals surface area contributed by atoms with Gasteiger partial charge in [0.15, 0.2) is 12.1 Å². The second-order valence-corrected chi connectivity index (χ2v) is 15.7. The van der Waals surface area contributed by atoms with Crippen molar-refractivity contribution in [3.63, 3.8) is 0 Å². The van der Waals surface area contributed by atoms with Gasteiger partial charge in [-0.05, 0) is 59.0 Å². The smallest absolute Gasteiger partial charge is 0.242 e. The summed E-state index contributed by atoms with van der Waals surface area (Å²) in [5.41, 5.74) is 1.88. The number of carbonyl (C=O) groups is 2. The van der Waals surface area contributed by atoms with Gasteiger partial charge in [-0.15, -0.1) is 26.3 Å². The highest BCUT2D eigenvalue weighted by Gasteiger charge is 2.34. The maximum atomic E-state index is 11.6. The Bertz CT molecular complexity index is 999. The van der Waals surface area contributed by atoms with Gasteiger partial charge >= 0.3 is 0 Å². The largest absolute Gasteiger partial charge is 0.544 e. The second-order valence-electron chi connectivity index (χ2n) is 11.3. The van der Waals surface area contributed by atoms with Crippen LogP contribution < -0.4 is 0 Å². The number of hydrogen-bond acceptors (Lipinski definition) is 10. The van der Waals surface area contributed by atoms with Crippen LogP contribution in [0.25, 0.3) is 0 Å². The number of allylic oxidation sites excluding steroid dienone is 4. The van der Waals surface area contributed by atoms with Crippen molar-refractivity contribution in [1.82, 2.24) is 0 Å². The van der Waals surface area contributed by atoms with Crippen LogP contribution in [0.4, 0.5) is 0 Å². The van der Waals surface area contributed by atoms with Gasteiger partial charge in [0.05, 0.1) is 12.2 Å². The van der Waals surface area contributed by atoms with Crippen LogP contribution >= 0.6 is 0 Å². The van der Waals surface area contributed by atoms with Crippen LogP contribution in [-0.4, -0.2) is 102 Å². The van der Waals surface area contributed by atoms with E-state index in [1.807, 2.05) is 26.8 Å². The van der Waals surface area contributed by atoms with Gasteiger partial charge in [-0.25, -0.2) is 0 Å². The molecule has 2 N–H and O–H groups in total. The van der Waals surface area contributed by atoms with E-state index in [0.29, 0.717) is 11.9 Å². The summed E-state index contributed by atoms with van der Waals surface area (Å²) in [5.74, 6) is 0.977. The quantitative estimate of drug-likeness (QED) is 0.0668. The SMILES string of the molecule is C/C=C(O[Si](C)(C)C)/C(C)=C/C.C=C[C@@H](C=O)OC.C=C[C@H](OC)[C@H](O)[C@@H](O)[C@H](C=C)OC.C=C[C@H](OC)[C@H]1OC=C(C)C(=O)[C@H]1C. The Morgan fingerprint density at radius 3 is 1.62 bits per heavy atom. The number of aliphatic hydroxyl groups excluding tert-OH is 2. The first-order chi connectivity index (χ1) is 22.0. The van der Waals surface area contributed by atoms with Gasteiger partial charge in [0, 0.05) is 34.0 Å². The lowest BCUT2D eigenvalue weighted by atomic mass is 9.90. The van der Waals surface area contributed by atoms with Crippen molar-refractivity contribution < 1.29 is 47.9 Å². The first-order valence-electron chi connectivity index (χ1n) is 15.3. The van der Waals surface area contributed by atoms with Gasteiger partial charge in [-0.3, -0.25) is 4.79 Å². The van der Waals surface area contributed by atoms with Crippen molar-refractivity contribution in [2.75, 3.05) is 28.4 Å². The maximum absolute atomic E-state index is 11.6. The summed E-state index contributed by atoms with van der Waals surface area (Å²) in [7, 11) is 4.47. The maximum Gasteiger partial charge on any atom is 0.242 e. The highest BCUT2D eigenvalue weighted by atomic mass is 28.4. The third-order valence-electron chi connectivity index (χ3n) is 6.70. The summed E-state index contributed by atoms with van der Waals surface area (Å²) in [6.07, 6.45) is 7.90. The average Bonchev–Trinajstić information content (AvgIpc) is 3.06. The molecule has 0 aliphatic carbocycles. The number of ether oxygens (including phenoxy) is 5. The molecule has 8 atom stereocenters. The van der Waals surface area contributed by atoms with E-state index in [-0.39, 0.29) is 23.9 Å². The molecule has 1 aliphatic rings. The zero-order valence-electron chi connectivity index (χ0n) is 30.7. The summed E-state index contributed by atoms with van der Waals surface area (Å²) in [5, 5.41) is 19.3. The van der Waals surface area contributed by atoms with Crippen LogP contribution in [0, 0.1) is 5.92 Å². The standard InChI is InChI=1S/C11H16O3.C10H18O4.C10H20OSi.C5H8O2/c1-5-9(13-4)11-8(3)10(12)7(2)6-14-11;1-5-7(13-3)9(11)10(12)8(6-2)14-4;1-7-9(3)10(8-2)11-12(4,5)6;1-3-5(4-6)7-2/h5-6,8-9,11H,1H2,2-4H3;5-12H,1-2H2,3-4H3;7-8H,1-6H3;3-5H,1H2,2H3/b;;9-7+,10-8-;/t8-,9+,11+;7-,8-,9-,10-;;5-/m10.0/s1. The van der Waals surface area contributed by atoms with Gasteiger partial charge in [0.25, 0.3) is 0 Å². The molecule has 0 radical (unpaired) electrons. The minimum absolute atomic E-state index is 0.116. The molecule has 1 rings (SSSR count). The van der Waals surface area contributed by atoms with Crippen molar-refractivity contribution in [3.05, 3.63) is 85.9 Å². The normalized spacial score (nSPS) is 20.1. The third-order valence-corrected chi connectivity index (χ3v) is 7.53. The van der Waals surface area contributed by atoms with Gasteiger partial charge in [0.1, 0.15) is 48.5 Å². The van der Waals surface area contributed by atoms with Gasteiger partial charge in [0.2, 0.25) is 8.32 Å². The number of aldehydes is 1. The molecule has 47 heavy (non-hydrogen) atoms. The number of methoxy groups -OCH3 is 4. The number of Topliss-reactive ketones (excluding diaryl/α,β-unsaturated/α-hetero) is 1. The number of hydrogen-bond donors (Lipinski definition) is 2. The Morgan fingerprint density at radius 1 is 0.872 bits per heavy atom. The molecule has 0 amide bonds. The molecule has 1 aliphatic heterocycles.